The normalized spacial score (nSPS) is 16.5. The van der Waals surface area contributed by atoms with Crippen molar-refractivity contribution in [2.24, 2.45) is 0 Å². The Morgan fingerprint density at radius 2 is 2.00 bits per heavy atom. The number of thiazole rings is 1. The first-order chi connectivity index (χ1) is 15.4. The van der Waals surface area contributed by atoms with E-state index < -0.39 is 9.84 Å². The summed E-state index contributed by atoms with van der Waals surface area (Å²) in [5, 5.41) is 0.613. The Morgan fingerprint density at radius 3 is 2.72 bits per heavy atom. The molecule has 0 radical (unpaired) electrons. The van der Waals surface area contributed by atoms with Crippen LogP contribution in [-0.4, -0.2) is 44.3 Å². The smallest absolute Gasteiger partial charge is 0.229 e. The summed E-state index contributed by atoms with van der Waals surface area (Å²) < 4.78 is 32.0. The highest BCUT2D eigenvalue weighted by Gasteiger charge is 2.27. The van der Waals surface area contributed by atoms with Crippen molar-refractivity contribution >= 4 is 42.4 Å². The molecule has 1 aliphatic rings. The van der Waals surface area contributed by atoms with Crippen LogP contribution in [0, 0.1) is 0 Å². The van der Waals surface area contributed by atoms with Crippen molar-refractivity contribution in [3.63, 3.8) is 0 Å². The Morgan fingerprint density at radius 1 is 1.19 bits per heavy atom. The second kappa shape index (κ2) is 10.1. The number of hydrogen-bond donors (Lipinski definition) is 0. The first-order valence-electron chi connectivity index (χ1n) is 11.0. The van der Waals surface area contributed by atoms with E-state index in [0.29, 0.717) is 18.3 Å². The summed E-state index contributed by atoms with van der Waals surface area (Å²) in [5.74, 6) is -0.476. The molecule has 1 amide bonds. The van der Waals surface area contributed by atoms with E-state index in [-0.39, 0.29) is 29.9 Å². The second-order valence-electron chi connectivity index (χ2n) is 8.08. The maximum absolute atomic E-state index is 13.2. The lowest BCUT2D eigenvalue weighted by atomic mass is 10.1. The Bertz CT molecular complexity index is 1170. The van der Waals surface area contributed by atoms with Crippen LogP contribution < -0.4 is 4.90 Å². The number of fused-ring (bicyclic) bond motifs is 1. The Kier molecular flexibility index (Phi) is 7.23. The summed E-state index contributed by atoms with van der Waals surface area (Å²) >= 11 is 1.47. The molecule has 2 aromatic carbocycles. The maximum atomic E-state index is 13.2. The number of hydrogen-bond acceptors (Lipinski definition) is 6. The number of benzene rings is 2. The van der Waals surface area contributed by atoms with Gasteiger partial charge in [0.2, 0.25) is 5.91 Å². The lowest BCUT2D eigenvalue weighted by Crippen LogP contribution is -2.38. The van der Waals surface area contributed by atoms with Crippen LogP contribution in [0.3, 0.4) is 0 Å². The third-order valence-corrected chi connectivity index (χ3v) is 8.31. The lowest BCUT2D eigenvalue weighted by molar-refractivity contribution is -0.118. The van der Waals surface area contributed by atoms with Crippen molar-refractivity contribution in [2.75, 3.05) is 23.8 Å². The van der Waals surface area contributed by atoms with E-state index in [2.05, 4.69) is 6.92 Å². The molecule has 0 N–H and O–H groups in total. The highest BCUT2D eigenvalue weighted by atomic mass is 32.2. The molecule has 1 saturated heterocycles. The van der Waals surface area contributed by atoms with Gasteiger partial charge in [-0.3, -0.25) is 9.69 Å². The Hall–Kier alpha value is -2.29. The number of amides is 1. The highest BCUT2D eigenvalue weighted by molar-refractivity contribution is 7.90. The van der Waals surface area contributed by atoms with Crippen LogP contribution in [0.5, 0.6) is 0 Å². The van der Waals surface area contributed by atoms with Gasteiger partial charge in [-0.25, -0.2) is 13.4 Å². The SMILES string of the molecule is CCc1cccc2sc(N(CC3CCCO3)C(=O)CCS(=O)(=O)Cc3ccccc3)nc12. The monoisotopic (exact) mass is 472 g/mol. The van der Waals surface area contributed by atoms with Crippen molar-refractivity contribution in [1.29, 1.82) is 0 Å². The fourth-order valence-electron chi connectivity index (χ4n) is 3.95. The summed E-state index contributed by atoms with van der Waals surface area (Å²) in [7, 11) is -3.40. The number of sulfone groups is 1. The van der Waals surface area contributed by atoms with Gasteiger partial charge < -0.3 is 4.74 Å². The number of rotatable bonds is 9. The minimum absolute atomic E-state index is 0.0440. The van der Waals surface area contributed by atoms with E-state index in [1.165, 1.54) is 11.3 Å². The highest BCUT2D eigenvalue weighted by Crippen LogP contribution is 2.32. The quantitative estimate of drug-likeness (QED) is 0.462. The molecule has 0 saturated carbocycles. The molecule has 170 valence electrons. The molecule has 1 unspecified atom stereocenters. The van der Waals surface area contributed by atoms with Gasteiger partial charge in [-0.1, -0.05) is 60.7 Å². The first kappa shape index (κ1) is 22.9. The average Bonchev–Trinajstić information content (AvgIpc) is 3.45. The first-order valence-corrected chi connectivity index (χ1v) is 13.6. The molecular formula is C24H28N2O4S2. The molecule has 6 nitrogen and oxygen atoms in total. The third kappa shape index (κ3) is 5.54. The van der Waals surface area contributed by atoms with Crippen LogP contribution in [0.15, 0.2) is 48.5 Å². The van der Waals surface area contributed by atoms with Gasteiger partial charge in [0, 0.05) is 13.0 Å². The minimum atomic E-state index is -3.40. The summed E-state index contributed by atoms with van der Waals surface area (Å²) in [5.41, 5.74) is 2.78. The van der Waals surface area contributed by atoms with Crippen LogP contribution in [-0.2, 0) is 31.5 Å². The van der Waals surface area contributed by atoms with Crippen molar-refractivity contribution < 1.29 is 17.9 Å². The summed E-state index contributed by atoms with van der Waals surface area (Å²) in [6.07, 6.45) is 2.60. The number of ether oxygens (including phenoxy) is 1. The van der Waals surface area contributed by atoms with Crippen LogP contribution in [0.25, 0.3) is 10.2 Å². The fourth-order valence-corrected chi connectivity index (χ4v) is 6.32. The van der Waals surface area contributed by atoms with Crippen molar-refractivity contribution in [3.05, 3.63) is 59.7 Å². The Labute approximate surface area is 193 Å². The van der Waals surface area contributed by atoms with Crippen LogP contribution >= 0.6 is 11.3 Å². The van der Waals surface area contributed by atoms with E-state index >= 15 is 0 Å². The zero-order chi connectivity index (χ0) is 22.6. The molecule has 4 rings (SSSR count). The number of anilines is 1. The predicted molar refractivity (Wildman–Crippen MR) is 129 cm³/mol. The third-order valence-electron chi connectivity index (χ3n) is 5.67. The van der Waals surface area contributed by atoms with Crippen LogP contribution in [0.2, 0.25) is 0 Å². The predicted octanol–water partition coefficient (Wildman–Crippen LogP) is 4.38. The van der Waals surface area contributed by atoms with Crippen LogP contribution in [0.1, 0.15) is 37.3 Å². The van der Waals surface area contributed by atoms with Gasteiger partial charge in [0.05, 0.1) is 34.4 Å². The number of aryl methyl sites for hydroxylation is 1. The molecule has 8 heteroatoms. The van der Waals surface area contributed by atoms with E-state index in [4.69, 9.17) is 9.72 Å². The fraction of sp³-hybridized carbons (Fsp3) is 0.417. The molecule has 2 heterocycles. The van der Waals surface area contributed by atoms with E-state index in [1.807, 2.05) is 36.4 Å². The Balaban J connectivity index is 1.53. The molecule has 0 aliphatic carbocycles. The number of carbonyl (C=O) groups is 1. The minimum Gasteiger partial charge on any atom is -0.376 e. The lowest BCUT2D eigenvalue weighted by Gasteiger charge is -2.23. The molecule has 1 fully saturated rings. The topological polar surface area (TPSA) is 76.6 Å². The van der Waals surface area contributed by atoms with E-state index in [1.54, 1.807) is 17.0 Å². The molecular weight excluding hydrogens is 444 g/mol. The van der Waals surface area contributed by atoms with Gasteiger partial charge in [-0.15, -0.1) is 0 Å². The average molecular weight is 473 g/mol. The largest absolute Gasteiger partial charge is 0.376 e. The molecule has 0 bridgehead atoms. The summed E-state index contributed by atoms with van der Waals surface area (Å²) in [6.45, 7) is 3.18. The molecule has 0 spiro atoms. The van der Waals surface area contributed by atoms with E-state index in [0.717, 1.165) is 40.6 Å². The van der Waals surface area contributed by atoms with Gasteiger partial charge in [-0.2, -0.15) is 0 Å². The number of para-hydroxylation sites is 1. The zero-order valence-corrected chi connectivity index (χ0v) is 19.8. The van der Waals surface area contributed by atoms with Crippen LogP contribution in [0.4, 0.5) is 5.13 Å². The number of nitrogens with zero attached hydrogens (tertiary/aromatic N) is 2. The molecule has 1 aliphatic heterocycles. The standard InChI is InChI=1S/C24H28N2O4S2/c1-2-19-10-6-12-21-23(19)25-24(31-21)26(16-20-11-7-14-30-20)22(27)13-15-32(28,29)17-18-8-4-3-5-9-18/h3-6,8-10,12,20H,2,7,11,13-17H2,1H3. The molecule has 1 atom stereocenters. The number of carbonyl (C=O) groups excluding carboxylic acids is 1. The summed E-state index contributed by atoms with van der Waals surface area (Å²) in [6, 6.07) is 15.1. The molecule has 32 heavy (non-hydrogen) atoms. The van der Waals surface area contributed by atoms with Crippen molar-refractivity contribution in [1.82, 2.24) is 4.98 Å². The van der Waals surface area contributed by atoms with Crippen molar-refractivity contribution in [2.45, 2.75) is 44.5 Å². The van der Waals surface area contributed by atoms with Gasteiger partial charge in [0.25, 0.3) is 0 Å². The van der Waals surface area contributed by atoms with Gasteiger partial charge in [0.1, 0.15) is 0 Å². The summed E-state index contributed by atoms with van der Waals surface area (Å²) in [4.78, 5) is 19.6. The van der Waals surface area contributed by atoms with Gasteiger partial charge in [0.15, 0.2) is 15.0 Å². The second-order valence-corrected chi connectivity index (χ2v) is 11.3. The maximum Gasteiger partial charge on any atom is 0.229 e. The number of aromatic nitrogens is 1. The van der Waals surface area contributed by atoms with Crippen molar-refractivity contribution in [3.8, 4) is 0 Å². The van der Waals surface area contributed by atoms with Gasteiger partial charge in [-0.05, 0) is 36.5 Å². The molecule has 1 aromatic heterocycles. The van der Waals surface area contributed by atoms with E-state index in [9.17, 15) is 13.2 Å². The zero-order valence-electron chi connectivity index (χ0n) is 18.2. The molecule has 3 aromatic rings. The van der Waals surface area contributed by atoms with Gasteiger partial charge >= 0.3 is 0 Å².